The summed E-state index contributed by atoms with van der Waals surface area (Å²) >= 11 is 0. The Balaban J connectivity index is 1.66. The second-order valence-corrected chi connectivity index (χ2v) is 5.28. The lowest BCUT2D eigenvalue weighted by Crippen LogP contribution is -2.15. The standard InChI is InChI=1S/C18H19NO2/c1-2-21-17-11-7-6-10-16(17)19-18(20)15-12-14(15)13-8-4-3-5-9-13/h3-11,14-15H,2,12H2,1H3,(H,19,20)/t14-,15+/m1/s1. The number of carbonyl (C=O) groups is 1. The number of anilines is 1. The molecule has 1 saturated carbocycles. The van der Waals surface area contributed by atoms with Crippen molar-refractivity contribution in [2.24, 2.45) is 5.92 Å². The first-order chi connectivity index (χ1) is 10.3. The fourth-order valence-electron chi connectivity index (χ4n) is 2.63. The highest BCUT2D eigenvalue weighted by atomic mass is 16.5. The molecule has 3 rings (SSSR count). The summed E-state index contributed by atoms with van der Waals surface area (Å²) in [6.45, 7) is 2.52. The van der Waals surface area contributed by atoms with Crippen molar-refractivity contribution in [3.05, 3.63) is 60.2 Å². The summed E-state index contributed by atoms with van der Waals surface area (Å²) in [4.78, 5) is 12.3. The summed E-state index contributed by atoms with van der Waals surface area (Å²) in [6, 6.07) is 17.8. The number of carbonyl (C=O) groups excluding carboxylic acids is 1. The van der Waals surface area contributed by atoms with Crippen molar-refractivity contribution >= 4 is 11.6 Å². The van der Waals surface area contributed by atoms with Crippen LogP contribution >= 0.6 is 0 Å². The van der Waals surface area contributed by atoms with E-state index in [4.69, 9.17) is 4.74 Å². The number of hydrogen-bond donors (Lipinski definition) is 1. The van der Waals surface area contributed by atoms with E-state index >= 15 is 0 Å². The Morgan fingerprint density at radius 2 is 1.86 bits per heavy atom. The minimum atomic E-state index is 0.0714. The van der Waals surface area contributed by atoms with Gasteiger partial charge in [0.1, 0.15) is 5.75 Å². The number of hydrogen-bond acceptors (Lipinski definition) is 2. The van der Waals surface area contributed by atoms with Gasteiger partial charge in [-0.3, -0.25) is 4.79 Å². The van der Waals surface area contributed by atoms with E-state index < -0.39 is 0 Å². The SMILES string of the molecule is CCOc1ccccc1NC(=O)[C@H]1C[C@@H]1c1ccccc1. The van der Waals surface area contributed by atoms with E-state index in [1.165, 1.54) is 5.56 Å². The minimum absolute atomic E-state index is 0.0714. The Labute approximate surface area is 124 Å². The lowest BCUT2D eigenvalue weighted by Gasteiger charge is -2.11. The van der Waals surface area contributed by atoms with Gasteiger partial charge in [-0.1, -0.05) is 42.5 Å². The van der Waals surface area contributed by atoms with Crippen LogP contribution in [0.1, 0.15) is 24.8 Å². The van der Waals surface area contributed by atoms with Crippen LogP contribution in [0.4, 0.5) is 5.69 Å². The molecule has 21 heavy (non-hydrogen) atoms. The zero-order valence-electron chi connectivity index (χ0n) is 12.1. The van der Waals surface area contributed by atoms with Crippen molar-refractivity contribution in [1.82, 2.24) is 0 Å². The molecule has 2 aromatic carbocycles. The Kier molecular flexibility index (Phi) is 3.91. The second kappa shape index (κ2) is 6.00. The lowest BCUT2D eigenvalue weighted by atomic mass is 10.1. The highest BCUT2D eigenvalue weighted by molar-refractivity contribution is 5.96. The normalized spacial score (nSPS) is 19.9. The van der Waals surface area contributed by atoms with Gasteiger partial charge < -0.3 is 10.1 Å². The first-order valence-corrected chi connectivity index (χ1v) is 7.37. The van der Waals surface area contributed by atoms with Crippen molar-refractivity contribution in [1.29, 1.82) is 0 Å². The van der Waals surface area contributed by atoms with Gasteiger partial charge >= 0.3 is 0 Å². The van der Waals surface area contributed by atoms with Crippen LogP contribution in [0.2, 0.25) is 0 Å². The number of ether oxygens (including phenoxy) is 1. The topological polar surface area (TPSA) is 38.3 Å². The first kappa shape index (κ1) is 13.7. The second-order valence-electron chi connectivity index (χ2n) is 5.28. The number of amides is 1. The average molecular weight is 281 g/mol. The van der Waals surface area contributed by atoms with Crippen LogP contribution in [0.3, 0.4) is 0 Å². The summed E-state index contributed by atoms with van der Waals surface area (Å²) in [6.07, 6.45) is 0.923. The molecule has 0 spiro atoms. The van der Waals surface area contributed by atoms with Gasteiger partial charge in [0.15, 0.2) is 0 Å². The third kappa shape index (κ3) is 3.07. The van der Waals surface area contributed by atoms with Gasteiger partial charge in [-0.25, -0.2) is 0 Å². The van der Waals surface area contributed by atoms with Gasteiger partial charge in [0, 0.05) is 5.92 Å². The summed E-state index contributed by atoms with van der Waals surface area (Å²) in [7, 11) is 0. The monoisotopic (exact) mass is 281 g/mol. The fraction of sp³-hybridized carbons (Fsp3) is 0.278. The molecule has 0 aliphatic heterocycles. The Bertz CT molecular complexity index is 624. The smallest absolute Gasteiger partial charge is 0.228 e. The molecule has 0 bridgehead atoms. The molecule has 3 nitrogen and oxygen atoms in total. The van der Waals surface area contributed by atoms with E-state index in [0.29, 0.717) is 12.5 Å². The summed E-state index contributed by atoms with van der Waals surface area (Å²) in [5.41, 5.74) is 2.00. The predicted octanol–water partition coefficient (Wildman–Crippen LogP) is 3.83. The summed E-state index contributed by atoms with van der Waals surface area (Å²) < 4.78 is 5.53. The first-order valence-electron chi connectivity index (χ1n) is 7.37. The van der Waals surface area contributed by atoms with Gasteiger partial charge in [-0.05, 0) is 37.0 Å². The molecule has 1 fully saturated rings. The molecule has 0 aromatic heterocycles. The zero-order chi connectivity index (χ0) is 14.7. The molecular weight excluding hydrogens is 262 g/mol. The third-order valence-electron chi connectivity index (χ3n) is 3.80. The van der Waals surface area contributed by atoms with Crippen molar-refractivity contribution in [2.75, 3.05) is 11.9 Å². The summed E-state index contributed by atoms with van der Waals surface area (Å²) in [5.74, 6) is 1.23. The molecule has 0 heterocycles. The van der Waals surface area contributed by atoms with Gasteiger partial charge in [0.05, 0.1) is 12.3 Å². The lowest BCUT2D eigenvalue weighted by molar-refractivity contribution is -0.117. The molecule has 1 amide bonds. The van der Waals surface area contributed by atoms with Crippen LogP contribution in [-0.2, 0) is 4.79 Å². The molecule has 2 atom stereocenters. The largest absolute Gasteiger partial charge is 0.492 e. The van der Waals surface area contributed by atoms with Crippen LogP contribution < -0.4 is 10.1 Å². The molecule has 1 N–H and O–H groups in total. The molecule has 0 radical (unpaired) electrons. The van der Waals surface area contributed by atoms with Crippen molar-refractivity contribution in [2.45, 2.75) is 19.3 Å². The van der Waals surface area contributed by atoms with E-state index in [2.05, 4.69) is 17.4 Å². The molecule has 0 saturated heterocycles. The number of para-hydroxylation sites is 2. The van der Waals surface area contributed by atoms with Gasteiger partial charge in [-0.2, -0.15) is 0 Å². The van der Waals surface area contributed by atoms with E-state index in [1.807, 2.05) is 49.4 Å². The third-order valence-corrected chi connectivity index (χ3v) is 3.80. The molecule has 3 heteroatoms. The van der Waals surface area contributed by atoms with Crippen LogP contribution in [-0.4, -0.2) is 12.5 Å². The molecule has 0 unspecified atom stereocenters. The van der Waals surface area contributed by atoms with E-state index in [1.54, 1.807) is 0 Å². The maximum Gasteiger partial charge on any atom is 0.228 e. The van der Waals surface area contributed by atoms with Crippen molar-refractivity contribution in [3.63, 3.8) is 0 Å². The quantitative estimate of drug-likeness (QED) is 0.904. The maximum absolute atomic E-state index is 12.3. The number of benzene rings is 2. The van der Waals surface area contributed by atoms with E-state index in [9.17, 15) is 4.79 Å². The van der Waals surface area contributed by atoms with Crippen LogP contribution in [0.25, 0.3) is 0 Å². The average Bonchev–Trinajstić information content (AvgIpc) is 3.31. The maximum atomic E-state index is 12.3. The van der Waals surface area contributed by atoms with Gasteiger partial charge in [-0.15, -0.1) is 0 Å². The molecular formula is C18H19NO2. The van der Waals surface area contributed by atoms with E-state index in [-0.39, 0.29) is 11.8 Å². The number of nitrogens with one attached hydrogen (secondary N) is 1. The highest BCUT2D eigenvalue weighted by Gasteiger charge is 2.43. The highest BCUT2D eigenvalue weighted by Crippen LogP contribution is 2.48. The van der Waals surface area contributed by atoms with Crippen LogP contribution in [0.5, 0.6) is 5.75 Å². The zero-order valence-corrected chi connectivity index (χ0v) is 12.1. The Morgan fingerprint density at radius 1 is 1.14 bits per heavy atom. The molecule has 1 aliphatic carbocycles. The van der Waals surface area contributed by atoms with E-state index in [0.717, 1.165) is 17.9 Å². The summed E-state index contributed by atoms with van der Waals surface area (Å²) in [5, 5.41) is 2.99. The van der Waals surface area contributed by atoms with Crippen molar-refractivity contribution < 1.29 is 9.53 Å². The van der Waals surface area contributed by atoms with Crippen LogP contribution in [0, 0.1) is 5.92 Å². The minimum Gasteiger partial charge on any atom is -0.492 e. The molecule has 1 aliphatic rings. The van der Waals surface area contributed by atoms with Gasteiger partial charge in [0.25, 0.3) is 0 Å². The Hall–Kier alpha value is -2.29. The van der Waals surface area contributed by atoms with Crippen LogP contribution in [0.15, 0.2) is 54.6 Å². The number of rotatable bonds is 5. The van der Waals surface area contributed by atoms with Gasteiger partial charge in [0.2, 0.25) is 5.91 Å². The molecule has 108 valence electrons. The van der Waals surface area contributed by atoms with Crippen molar-refractivity contribution in [3.8, 4) is 5.75 Å². The predicted molar refractivity (Wildman–Crippen MR) is 83.5 cm³/mol. The Morgan fingerprint density at radius 3 is 2.62 bits per heavy atom. The molecule has 2 aromatic rings. The fourth-order valence-corrected chi connectivity index (χ4v) is 2.63.